The second-order valence-electron chi connectivity index (χ2n) is 4.93. The largest absolute Gasteiger partial charge is 0.325 e. The van der Waals surface area contributed by atoms with Gasteiger partial charge in [0, 0.05) is 12.2 Å². The first-order valence-electron chi connectivity index (χ1n) is 6.98. The molecule has 0 spiro atoms. The summed E-state index contributed by atoms with van der Waals surface area (Å²) in [6, 6.07) is 5.40. The van der Waals surface area contributed by atoms with Crippen LogP contribution in [0, 0.1) is 5.92 Å². The average molecular weight is 313 g/mol. The molecule has 0 aromatic heterocycles. The van der Waals surface area contributed by atoms with Crippen molar-refractivity contribution in [3.8, 4) is 0 Å². The number of hydrogen-bond donors (Lipinski definition) is 3. The fourth-order valence-electron chi connectivity index (χ4n) is 1.73. The summed E-state index contributed by atoms with van der Waals surface area (Å²) in [5, 5.41) is 2.69. The number of nitrogens with two attached hydrogens (primary N) is 1. The van der Waals surface area contributed by atoms with Crippen LogP contribution in [0.5, 0.6) is 0 Å². The Bertz CT molecular complexity index is 570. The van der Waals surface area contributed by atoms with Crippen LogP contribution in [-0.2, 0) is 14.8 Å². The van der Waals surface area contributed by atoms with Crippen LogP contribution in [0.4, 0.5) is 5.69 Å². The summed E-state index contributed by atoms with van der Waals surface area (Å²) in [7, 11) is -3.48. The van der Waals surface area contributed by atoms with Crippen molar-refractivity contribution < 1.29 is 13.2 Å². The molecule has 6 nitrogen and oxygen atoms in total. The third-order valence-electron chi connectivity index (χ3n) is 3.33. The number of anilines is 1. The second-order valence-corrected chi connectivity index (χ2v) is 6.69. The Morgan fingerprint density at radius 1 is 1.24 bits per heavy atom. The lowest BCUT2D eigenvalue weighted by Gasteiger charge is -2.17. The first kappa shape index (κ1) is 17.6. The summed E-state index contributed by atoms with van der Waals surface area (Å²) in [6.45, 7) is 5.92. The highest BCUT2D eigenvalue weighted by molar-refractivity contribution is 7.89. The number of sulfonamides is 1. The summed E-state index contributed by atoms with van der Waals surface area (Å²) in [5.74, 6) is -0.190. The zero-order valence-electron chi connectivity index (χ0n) is 12.6. The van der Waals surface area contributed by atoms with E-state index in [1.54, 1.807) is 19.1 Å². The predicted octanol–water partition coefficient (Wildman–Crippen LogP) is 1.30. The molecule has 0 fully saturated rings. The minimum atomic E-state index is -3.48. The molecular formula is C14H23N3O3S. The van der Waals surface area contributed by atoms with E-state index >= 15 is 0 Å². The Morgan fingerprint density at radius 3 is 2.29 bits per heavy atom. The monoisotopic (exact) mass is 313 g/mol. The van der Waals surface area contributed by atoms with Gasteiger partial charge in [-0.3, -0.25) is 4.79 Å². The summed E-state index contributed by atoms with van der Waals surface area (Å²) >= 11 is 0. The molecule has 1 amide bonds. The lowest BCUT2D eigenvalue weighted by atomic mass is 9.99. The highest BCUT2D eigenvalue weighted by Gasteiger charge is 2.19. The zero-order valence-corrected chi connectivity index (χ0v) is 13.4. The van der Waals surface area contributed by atoms with E-state index in [2.05, 4.69) is 10.0 Å². The molecule has 1 rings (SSSR count). The lowest BCUT2D eigenvalue weighted by Crippen LogP contribution is -2.40. The SMILES string of the molecule is CCNS(=O)(=O)c1ccc(NC(=O)[C@@H](N)[C@@H](C)CC)cc1. The van der Waals surface area contributed by atoms with Crippen molar-refractivity contribution in [2.24, 2.45) is 11.7 Å². The van der Waals surface area contributed by atoms with Gasteiger partial charge in [0.15, 0.2) is 0 Å². The Hall–Kier alpha value is -1.44. The van der Waals surface area contributed by atoms with Gasteiger partial charge in [-0.25, -0.2) is 13.1 Å². The Kier molecular flexibility index (Phi) is 6.32. The number of amides is 1. The quantitative estimate of drug-likeness (QED) is 0.706. The molecule has 1 aromatic carbocycles. The highest BCUT2D eigenvalue weighted by atomic mass is 32.2. The average Bonchev–Trinajstić information content (AvgIpc) is 2.46. The van der Waals surface area contributed by atoms with Crippen molar-refractivity contribution in [1.29, 1.82) is 0 Å². The maximum Gasteiger partial charge on any atom is 0.241 e. The molecule has 4 N–H and O–H groups in total. The van der Waals surface area contributed by atoms with E-state index in [0.29, 0.717) is 12.2 Å². The molecule has 0 saturated carbocycles. The van der Waals surface area contributed by atoms with E-state index < -0.39 is 16.1 Å². The topological polar surface area (TPSA) is 101 Å². The molecule has 0 aliphatic rings. The van der Waals surface area contributed by atoms with Crippen LogP contribution in [0.15, 0.2) is 29.2 Å². The van der Waals surface area contributed by atoms with Gasteiger partial charge in [0.25, 0.3) is 0 Å². The van der Waals surface area contributed by atoms with Gasteiger partial charge in [-0.1, -0.05) is 27.2 Å². The third kappa shape index (κ3) is 4.80. The van der Waals surface area contributed by atoms with Gasteiger partial charge in [-0.15, -0.1) is 0 Å². The number of nitrogens with one attached hydrogen (secondary N) is 2. The molecule has 2 atom stereocenters. The maximum atomic E-state index is 11.9. The molecule has 0 unspecified atom stereocenters. The van der Waals surface area contributed by atoms with Crippen LogP contribution >= 0.6 is 0 Å². The Balaban J connectivity index is 2.78. The van der Waals surface area contributed by atoms with Crippen LogP contribution < -0.4 is 15.8 Å². The molecule has 7 heteroatoms. The van der Waals surface area contributed by atoms with Gasteiger partial charge in [-0.2, -0.15) is 0 Å². The maximum absolute atomic E-state index is 11.9. The fourth-order valence-corrected chi connectivity index (χ4v) is 2.77. The zero-order chi connectivity index (χ0) is 16.0. The fraction of sp³-hybridized carbons (Fsp3) is 0.500. The predicted molar refractivity (Wildman–Crippen MR) is 83.4 cm³/mol. The van der Waals surface area contributed by atoms with Crippen LogP contribution in [0.2, 0.25) is 0 Å². The molecule has 0 radical (unpaired) electrons. The minimum Gasteiger partial charge on any atom is -0.325 e. The Labute approximate surface area is 126 Å². The minimum absolute atomic E-state index is 0.0819. The van der Waals surface area contributed by atoms with E-state index in [1.165, 1.54) is 12.1 Å². The van der Waals surface area contributed by atoms with Gasteiger partial charge >= 0.3 is 0 Å². The molecule has 21 heavy (non-hydrogen) atoms. The lowest BCUT2D eigenvalue weighted by molar-refractivity contribution is -0.118. The molecule has 0 bridgehead atoms. The standard InChI is InChI=1S/C14H23N3O3S/c1-4-10(3)13(15)14(18)17-11-6-8-12(9-7-11)21(19,20)16-5-2/h6-10,13,16H,4-5,15H2,1-3H3,(H,17,18)/t10-,13-/m0/s1. The molecule has 0 saturated heterocycles. The van der Waals surface area contributed by atoms with Crippen LogP contribution in [0.1, 0.15) is 27.2 Å². The van der Waals surface area contributed by atoms with Crippen molar-refractivity contribution >= 4 is 21.6 Å². The van der Waals surface area contributed by atoms with Crippen LogP contribution in [0.25, 0.3) is 0 Å². The first-order chi connectivity index (χ1) is 9.81. The van der Waals surface area contributed by atoms with Crippen molar-refractivity contribution in [3.05, 3.63) is 24.3 Å². The number of carbonyl (C=O) groups is 1. The summed E-state index contributed by atoms with van der Waals surface area (Å²) in [4.78, 5) is 12.1. The van der Waals surface area contributed by atoms with Crippen LogP contribution in [-0.4, -0.2) is 26.9 Å². The molecule has 0 aliphatic carbocycles. The van der Waals surface area contributed by atoms with Crippen LogP contribution in [0.3, 0.4) is 0 Å². The van der Waals surface area contributed by atoms with E-state index in [4.69, 9.17) is 5.73 Å². The van der Waals surface area contributed by atoms with Gasteiger partial charge in [0.1, 0.15) is 0 Å². The van der Waals surface area contributed by atoms with Gasteiger partial charge in [-0.05, 0) is 30.2 Å². The van der Waals surface area contributed by atoms with E-state index in [0.717, 1.165) is 6.42 Å². The third-order valence-corrected chi connectivity index (χ3v) is 4.89. The summed E-state index contributed by atoms with van der Waals surface area (Å²) in [5.41, 5.74) is 6.36. The first-order valence-corrected chi connectivity index (χ1v) is 8.46. The number of rotatable bonds is 7. The van der Waals surface area contributed by atoms with Crippen molar-refractivity contribution in [2.75, 3.05) is 11.9 Å². The number of hydrogen-bond acceptors (Lipinski definition) is 4. The number of carbonyl (C=O) groups excluding carboxylic acids is 1. The molecule has 118 valence electrons. The van der Waals surface area contributed by atoms with E-state index in [1.807, 2.05) is 13.8 Å². The van der Waals surface area contributed by atoms with Gasteiger partial charge in [0.05, 0.1) is 10.9 Å². The smallest absolute Gasteiger partial charge is 0.241 e. The second kappa shape index (κ2) is 7.53. The summed E-state index contributed by atoms with van der Waals surface area (Å²) < 4.78 is 26.0. The van der Waals surface area contributed by atoms with Gasteiger partial charge in [0.2, 0.25) is 15.9 Å². The molecule has 0 heterocycles. The van der Waals surface area contributed by atoms with E-state index in [-0.39, 0.29) is 16.7 Å². The number of benzene rings is 1. The van der Waals surface area contributed by atoms with Crippen molar-refractivity contribution in [1.82, 2.24) is 4.72 Å². The Morgan fingerprint density at radius 2 is 1.81 bits per heavy atom. The molecule has 1 aromatic rings. The molecule has 0 aliphatic heterocycles. The highest BCUT2D eigenvalue weighted by Crippen LogP contribution is 2.15. The van der Waals surface area contributed by atoms with Gasteiger partial charge < -0.3 is 11.1 Å². The molecular weight excluding hydrogens is 290 g/mol. The van der Waals surface area contributed by atoms with Crippen molar-refractivity contribution in [3.63, 3.8) is 0 Å². The van der Waals surface area contributed by atoms with E-state index in [9.17, 15) is 13.2 Å². The normalized spacial score (nSPS) is 14.5. The van der Waals surface area contributed by atoms with Crippen molar-refractivity contribution in [2.45, 2.75) is 38.1 Å². The summed E-state index contributed by atoms with van der Waals surface area (Å²) in [6.07, 6.45) is 0.814.